The van der Waals surface area contributed by atoms with Crippen LogP contribution in [0.25, 0.3) is 5.95 Å². The molecule has 0 fully saturated rings. The van der Waals surface area contributed by atoms with Crippen molar-refractivity contribution in [1.29, 1.82) is 5.26 Å². The number of hydrogen-bond acceptors (Lipinski definition) is 6. The molecule has 0 unspecified atom stereocenters. The molecule has 0 aliphatic rings. The summed E-state index contributed by atoms with van der Waals surface area (Å²) in [6, 6.07) is 3.50. The van der Waals surface area contributed by atoms with E-state index >= 15 is 0 Å². The van der Waals surface area contributed by atoms with Crippen molar-refractivity contribution in [1.82, 2.24) is 19.7 Å². The second kappa shape index (κ2) is 5.66. The van der Waals surface area contributed by atoms with Gasteiger partial charge < -0.3 is 0 Å². The van der Waals surface area contributed by atoms with Gasteiger partial charge in [0.15, 0.2) is 0 Å². The first kappa shape index (κ1) is 14.6. The summed E-state index contributed by atoms with van der Waals surface area (Å²) in [6.45, 7) is 5.34. The first-order valence-corrected chi connectivity index (χ1v) is 6.53. The van der Waals surface area contributed by atoms with E-state index in [-0.39, 0.29) is 17.3 Å². The summed E-state index contributed by atoms with van der Waals surface area (Å²) in [7, 11) is 0. The van der Waals surface area contributed by atoms with Gasteiger partial charge in [0.25, 0.3) is 5.95 Å². The topological polar surface area (TPSA) is 111 Å². The van der Waals surface area contributed by atoms with E-state index in [1.54, 1.807) is 26.8 Å². The summed E-state index contributed by atoms with van der Waals surface area (Å²) in [5.74, 6) is 0.186. The van der Waals surface area contributed by atoms with Crippen LogP contribution in [0.1, 0.15) is 36.6 Å². The van der Waals surface area contributed by atoms with E-state index < -0.39 is 4.92 Å². The predicted octanol–water partition coefficient (Wildman–Crippen LogP) is 1.88. The summed E-state index contributed by atoms with van der Waals surface area (Å²) in [4.78, 5) is 19.1. The third-order valence-corrected chi connectivity index (χ3v) is 3.02. The van der Waals surface area contributed by atoms with Gasteiger partial charge >= 0.3 is 5.69 Å². The third kappa shape index (κ3) is 2.58. The standard InChI is InChI=1S/C13H14N6O2/c1-4-10-12(19(20)21)11(5-2)18(17-10)13-15-8(3)6-9(7-14)16-13/h6H,4-5H2,1-3H3. The van der Waals surface area contributed by atoms with E-state index in [4.69, 9.17) is 5.26 Å². The lowest BCUT2D eigenvalue weighted by molar-refractivity contribution is -0.386. The van der Waals surface area contributed by atoms with E-state index in [2.05, 4.69) is 15.1 Å². The normalized spacial score (nSPS) is 10.4. The molecule has 2 heterocycles. The highest BCUT2D eigenvalue weighted by atomic mass is 16.6. The Bertz CT molecular complexity index is 744. The van der Waals surface area contributed by atoms with Crippen LogP contribution in [0.15, 0.2) is 6.07 Å². The molecule has 2 aromatic heterocycles. The lowest BCUT2D eigenvalue weighted by atomic mass is 10.2. The molecule has 2 rings (SSSR count). The third-order valence-electron chi connectivity index (χ3n) is 3.02. The quantitative estimate of drug-likeness (QED) is 0.626. The van der Waals surface area contributed by atoms with Crippen molar-refractivity contribution in [3.8, 4) is 12.0 Å². The summed E-state index contributed by atoms with van der Waals surface area (Å²) < 4.78 is 1.37. The molecule has 21 heavy (non-hydrogen) atoms. The second-order valence-electron chi connectivity index (χ2n) is 4.42. The molecule has 0 radical (unpaired) electrons. The second-order valence-corrected chi connectivity index (χ2v) is 4.42. The zero-order chi connectivity index (χ0) is 15.6. The molecule has 0 N–H and O–H groups in total. The fourth-order valence-corrected chi connectivity index (χ4v) is 2.13. The fraction of sp³-hybridized carbons (Fsp3) is 0.385. The van der Waals surface area contributed by atoms with Gasteiger partial charge in [-0.1, -0.05) is 13.8 Å². The molecule has 108 valence electrons. The molecular formula is C13H14N6O2. The summed E-state index contributed by atoms with van der Waals surface area (Å²) >= 11 is 0. The van der Waals surface area contributed by atoms with Crippen LogP contribution in [0.2, 0.25) is 0 Å². The lowest BCUT2D eigenvalue weighted by Gasteiger charge is -2.04. The van der Waals surface area contributed by atoms with Crippen molar-refractivity contribution in [2.24, 2.45) is 0 Å². The highest BCUT2D eigenvalue weighted by Gasteiger charge is 2.27. The Kier molecular flexibility index (Phi) is 3.93. The van der Waals surface area contributed by atoms with Crippen LogP contribution in [-0.2, 0) is 12.8 Å². The first-order valence-electron chi connectivity index (χ1n) is 6.53. The zero-order valence-corrected chi connectivity index (χ0v) is 12.0. The van der Waals surface area contributed by atoms with E-state index in [1.807, 2.05) is 6.07 Å². The highest BCUT2D eigenvalue weighted by Crippen LogP contribution is 2.26. The molecule has 0 saturated carbocycles. The molecule has 0 saturated heterocycles. The molecule has 0 atom stereocenters. The van der Waals surface area contributed by atoms with Gasteiger partial charge in [-0.25, -0.2) is 9.97 Å². The zero-order valence-electron chi connectivity index (χ0n) is 12.0. The summed E-state index contributed by atoms with van der Waals surface area (Å²) in [5, 5.41) is 24.5. The van der Waals surface area contributed by atoms with Crippen LogP contribution in [0, 0.1) is 28.4 Å². The Morgan fingerprint density at radius 1 is 1.38 bits per heavy atom. The van der Waals surface area contributed by atoms with Crippen molar-refractivity contribution in [2.75, 3.05) is 0 Å². The SMILES string of the molecule is CCc1nn(-c2nc(C)cc(C#N)n2)c(CC)c1[N+](=O)[O-]. The molecular weight excluding hydrogens is 272 g/mol. The van der Waals surface area contributed by atoms with Gasteiger partial charge in [0.1, 0.15) is 23.2 Å². The monoisotopic (exact) mass is 286 g/mol. The van der Waals surface area contributed by atoms with Crippen LogP contribution < -0.4 is 0 Å². The average molecular weight is 286 g/mol. The van der Waals surface area contributed by atoms with Crippen molar-refractivity contribution in [2.45, 2.75) is 33.6 Å². The average Bonchev–Trinajstić information content (AvgIpc) is 2.85. The minimum atomic E-state index is -0.428. The van der Waals surface area contributed by atoms with E-state index in [0.29, 0.717) is 29.9 Å². The van der Waals surface area contributed by atoms with Crippen molar-refractivity contribution in [3.63, 3.8) is 0 Å². The fourth-order valence-electron chi connectivity index (χ4n) is 2.13. The Balaban J connectivity index is 2.73. The summed E-state index contributed by atoms with van der Waals surface area (Å²) in [5.41, 5.74) is 1.64. The molecule has 0 aliphatic carbocycles. The predicted molar refractivity (Wildman–Crippen MR) is 74.0 cm³/mol. The maximum absolute atomic E-state index is 11.3. The molecule has 0 spiro atoms. The lowest BCUT2D eigenvalue weighted by Crippen LogP contribution is -2.09. The highest BCUT2D eigenvalue weighted by molar-refractivity contribution is 5.44. The number of aryl methyl sites for hydroxylation is 2. The van der Waals surface area contributed by atoms with E-state index in [0.717, 1.165) is 0 Å². The Morgan fingerprint density at radius 2 is 2.10 bits per heavy atom. The Morgan fingerprint density at radius 3 is 2.62 bits per heavy atom. The Labute approximate surface area is 121 Å². The van der Waals surface area contributed by atoms with Crippen molar-refractivity contribution < 1.29 is 4.92 Å². The minimum absolute atomic E-state index is 0.00335. The van der Waals surface area contributed by atoms with Gasteiger partial charge in [-0.15, -0.1) is 0 Å². The number of hydrogen-bond donors (Lipinski definition) is 0. The van der Waals surface area contributed by atoms with Gasteiger partial charge in [-0.05, 0) is 25.8 Å². The van der Waals surface area contributed by atoms with Gasteiger partial charge in [0.2, 0.25) is 0 Å². The molecule has 2 aromatic rings. The van der Waals surface area contributed by atoms with Gasteiger partial charge in [0.05, 0.1) is 4.92 Å². The molecule has 0 amide bonds. The number of nitrogens with zero attached hydrogens (tertiary/aromatic N) is 6. The number of nitro groups is 1. The van der Waals surface area contributed by atoms with Gasteiger partial charge in [-0.3, -0.25) is 10.1 Å². The van der Waals surface area contributed by atoms with Crippen LogP contribution in [0.3, 0.4) is 0 Å². The molecule has 8 heteroatoms. The maximum atomic E-state index is 11.3. The molecule has 0 aromatic carbocycles. The largest absolute Gasteiger partial charge is 0.313 e. The molecule has 0 bridgehead atoms. The number of rotatable bonds is 4. The number of aromatic nitrogens is 4. The first-order chi connectivity index (χ1) is 10.0. The number of nitriles is 1. The maximum Gasteiger partial charge on any atom is 0.313 e. The minimum Gasteiger partial charge on any atom is -0.258 e. The molecule has 8 nitrogen and oxygen atoms in total. The molecule has 0 aliphatic heterocycles. The summed E-state index contributed by atoms with van der Waals surface area (Å²) in [6.07, 6.45) is 0.857. The van der Waals surface area contributed by atoms with Crippen LogP contribution in [0.4, 0.5) is 5.69 Å². The smallest absolute Gasteiger partial charge is 0.258 e. The Hall–Kier alpha value is -2.82. The van der Waals surface area contributed by atoms with Crippen LogP contribution in [-0.4, -0.2) is 24.7 Å². The van der Waals surface area contributed by atoms with Crippen LogP contribution >= 0.6 is 0 Å². The van der Waals surface area contributed by atoms with Gasteiger partial charge in [0, 0.05) is 5.69 Å². The van der Waals surface area contributed by atoms with E-state index in [9.17, 15) is 10.1 Å². The van der Waals surface area contributed by atoms with Crippen LogP contribution in [0.5, 0.6) is 0 Å². The van der Waals surface area contributed by atoms with Crippen molar-refractivity contribution >= 4 is 5.69 Å². The van der Waals surface area contributed by atoms with E-state index in [1.165, 1.54) is 4.68 Å². The van der Waals surface area contributed by atoms with Gasteiger partial charge in [-0.2, -0.15) is 15.0 Å². The van der Waals surface area contributed by atoms with Crippen molar-refractivity contribution in [3.05, 3.63) is 39.0 Å².